The number of aromatic nitrogens is 2. The van der Waals surface area contributed by atoms with Crippen molar-refractivity contribution in [3.8, 4) is 0 Å². The van der Waals surface area contributed by atoms with Crippen LogP contribution < -0.4 is 0 Å². The first-order valence-corrected chi connectivity index (χ1v) is 8.18. The van der Waals surface area contributed by atoms with Crippen LogP contribution in [0.3, 0.4) is 0 Å². The van der Waals surface area contributed by atoms with Crippen molar-refractivity contribution in [1.29, 1.82) is 0 Å². The molecule has 3 saturated carbocycles. The highest BCUT2D eigenvalue weighted by Crippen LogP contribution is 2.52. The summed E-state index contributed by atoms with van der Waals surface area (Å²) in [5.74, 6) is 2.62. The van der Waals surface area contributed by atoms with E-state index < -0.39 is 5.97 Å². The molecule has 1 aromatic heterocycles. The summed E-state index contributed by atoms with van der Waals surface area (Å²) >= 11 is 0. The smallest absolute Gasteiger partial charge is 0.307 e. The molecule has 2 bridgehead atoms. The van der Waals surface area contributed by atoms with Crippen LogP contribution in [0.5, 0.6) is 0 Å². The average Bonchev–Trinajstić information content (AvgIpc) is 3.20. The zero-order valence-corrected chi connectivity index (χ0v) is 12.4. The lowest BCUT2D eigenvalue weighted by Gasteiger charge is -2.17. The minimum absolute atomic E-state index is 0.0997. The van der Waals surface area contributed by atoms with E-state index in [-0.39, 0.29) is 11.8 Å². The molecule has 6 atom stereocenters. The molecule has 1 heterocycles. The predicted molar refractivity (Wildman–Crippen MR) is 74.8 cm³/mol. The highest BCUT2D eigenvalue weighted by molar-refractivity contribution is 5.71. The summed E-state index contributed by atoms with van der Waals surface area (Å²) in [6.07, 6.45) is 6.70. The SMILES string of the molecule is CC1CC(C(=O)O)C(c2nc(C3CC4CCC3C4)no2)C1. The Hall–Kier alpha value is -1.39. The first kappa shape index (κ1) is 13.3. The van der Waals surface area contributed by atoms with Crippen LogP contribution in [-0.2, 0) is 4.79 Å². The van der Waals surface area contributed by atoms with E-state index in [2.05, 4.69) is 17.1 Å². The average molecular weight is 290 g/mol. The second-order valence-electron chi connectivity index (χ2n) is 7.40. The van der Waals surface area contributed by atoms with Crippen molar-refractivity contribution >= 4 is 5.97 Å². The van der Waals surface area contributed by atoms with Gasteiger partial charge in [0.15, 0.2) is 5.82 Å². The van der Waals surface area contributed by atoms with E-state index in [1.54, 1.807) is 0 Å². The van der Waals surface area contributed by atoms with Crippen LogP contribution in [0.2, 0.25) is 0 Å². The Kier molecular flexibility index (Phi) is 3.05. The molecule has 1 N–H and O–H groups in total. The number of hydrogen-bond acceptors (Lipinski definition) is 4. The molecule has 0 spiro atoms. The lowest BCUT2D eigenvalue weighted by Crippen LogP contribution is -2.17. The third-order valence-electron chi connectivity index (χ3n) is 5.96. The van der Waals surface area contributed by atoms with Gasteiger partial charge in [0.25, 0.3) is 0 Å². The Morgan fingerprint density at radius 2 is 2.05 bits per heavy atom. The summed E-state index contributed by atoms with van der Waals surface area (Å²) in [5, 5.41) is 13.6. The molecule has 0 saturated heterocycles. The summed E-state index contributed by atoms with van der Waals surface area (Å²) in [6.45, 7) is 2.10. The van der Waals surface area contributed by atoms with Gasteiger partial charge in [0.2, 0.25) is 5.89 Å². The molecular formula is C16H22N2O3. The molecule has 3 aliphatic carbocycles. The number of hydrogen-bond donors (Lipinski definition) is 1. The van der Waals surface area contributed by atoms with E-state index in [0.29, 0.717) is 24.1 Å². The van der Waals surface area contributed by atoms with Crippen LogP contribution in [-0.4, -0.2) is 21.2 Å². The fourth-order valence-corrected chi connectivity index (χ4v) is 4.95. The maximum atomic E-state index is 11.4. The minimum Gasteiger partial charge on any atom is -0.481 e. The van der Waals surface area contributed by atoms with Crippen LogP contribution in [0.15, 0.2) is 4.52 Å². The Morgan fingerprint density at radius 1 is 1.19 bits per heavy atom. The fraction of sp³-hybridized carbons (Fsp3) is 0.812. The number of carboxylic acids is 1. The van der Waals surface area contributed by atoms with Gasteiger partial charge in [-0.05, 0) is 49.9 Å². The molecule has 21 heavy (non-hydrogen) atoms. The van der Waals surface area contributed by atoms with E-state index in [0.717, 1.165) is 24.1 Å². The quantitative estimate of drug-likeness (QED) is 0.925. The molecule has 0 amide bonds. The third-order valence-corrected chi connectivity index (χ3v) is 5.96. The molecule has 0 radical (unpaired) electrons. The van der Waals surface area contributed by atoms with Gasteiger partial charge in [-0.25, -0.2) is 0 Å². The molecule has 114 valence electrons. The maximum Gasteiger partial charge on any atom is 0.307 e. The van der Waals surface area contributed by atoms with Crippen LogP contribution in [0, 0.1) is 23.7 Å². The van der Waals surface area contributed by atoms with Crippen LogP contribution in [0.4, 0.5) is 0 Å². The summed E-state index contributed by atoms with van der Waals surface area (Å²) in [6, 6.07) is 0. The van der Waals surface area contributed by atoms with Crippen molar-refractivity contribution in [2.24, 2.45) is 23.7 Å². The van der Waals surface area contributed by atoms with Crippen LogP contribution in [0.1, 0.15) is 69.0 Å². The van der Waals surface area contributed by atoms with E-state index in [4.69, 9.17) is 4.52 Å². The topological polar surface area (TPSA) is 76.2 Å². The number of aliphatic carboxylic acids is 1. The largest absolute Gasteiger partial charge is 0.481 e. The van der Waals surface area contributed by atoms with Gasteiger partial charge in [-0.15, -0.1) is 0 Å². The van der Waals surface area contributed by atoms with Gasteiger partial charge < -0.3 is 9.63 Å². The lowest BCUT2D eigenvalue weighted by atomic mass is 9.88. The second kappa shape index (κ2) is 4.82. The zero-order valence-electron chi connectivity index (χ0n) is 12.4. The number of carbonyl (C=O) groups is 1. The van der Waals surface area contributed by atoms with Gasteiger partial charge in [0.05, 0.1) is 11.8 Å². The third kappa shape index (κ3) is 2.17. The Bertz CT molecular complexity index is 555. The first-order chi connectivity index (χ1) is 10.1. The number of nitrogens with zero attached hydrogens (tertiary/aromatic N) is 2. The first-order valence-electron chi connectivity index (χ1n) is 8.18. The molecule has 3 fully saturated rings. The van der Waals surface area contributed by atoms with Crippen molar-refractivity contribution < 1.29 is 14.4 Å². The normalized spacial score (nSPS) is 41.8. The zero-order chi connectivity index (χ0) is 14.6. The van der Waals surface area contributed by atoms with Crippen molar-refractivity contribution in [3.05, 3.63) is 11.7 Å². The molecule has 6 unspecified atom stereocenters. The molecule has 5 nitrogen and oxygen atoms in total. The van der Waals surface area contributed by atoms with Crippen molar-refractivity contribution in [1.82, 2.24) is 10.1 Å². The van der Waals surface area contributed by atoms with Gasteiger partial charge in [-0.1, -0.05) is 18.5 Å². The van der Waals surface area contributed by atoms with Crippen LogP contribution in [0.25, 0.3) is 0 Å². The van der Waals surface area contributed by atoms with Gasteiger partial charge in [0.1, 0.15) is 0 Å². The van der Waals surface area contributed by atoms with E-state index >= 15 is 0 Å². The van der Waals surface area contributed by atoms with Gasteiger partial charge in [-0.3, -0.25) is 4.79 Å². The summed E-state index contributed by atoms with van der Waals surface area (Å²) in [7, 11) is 0. The van der Waals surface area contributed by atoms with Crippen molar-refractivity contribution in [3.63, 3.8) is 0 Å². The Labute approximate surface area is 124 Å². The standard InChI is InChI=1S/C16H22N2O3/c1-8-4-12(13(5-8)16(19)20)15-17-14(18-21-15)11-7-9-2-3-10(11)6-9/h8-13H,2-7H2,1H3,(H,19,20). The van der Waals surface area contributed by atoms with Crippen molar-refractivity contribution in [2.45, 2.75) is 57.3 Å². The molecule has 3 aliphatic rings. The Morgan fingerprint density at radius 3 is 2.71 bits per heavy atom. The summed E-state index contributed by atoms with van der Waals surface area (Å²) in [5.41, 5.74) is 0. The lowest BCUT2D eigenvalue weighted by molar-refractivity contribution is -0.142. The van der Waals surface area contributed by atoms with Crippen molar-refractivity contribution in [2.75, 3.05) is 0 Å². The highest BCUT2D eigenvalue weighted by Gasteiger charge is 2.44. The van der Waals surface area contributed by atoms with Gasteiger partial charge >= 0.3 is 5.97 Å². The second-order valence-corrected chi connectivity index (χ2v) is 7.40. The molecular weight excluding hydrogens is 268 g/mol. The maximum absolute atomic E-state index is 11.4. The Balaban J connectivity index is 1.55. The summed E-state index contributed by atoms with van der Waals surface area (Å²) < 4.78 is 5.47. The fourth-order valence-electron chi connectivity index (χ4n) is 4.95. The van der Waals surface area contributed by atoms with E-state index in [9.17, 15) is 9.90 Å². The van der Waals surface area contributed by atoms with Gasteiger partial charge in [-0.2, -0.15) is 4.98 Å². The molecule has 1 aromatic rings. The number of carboxylic acid groups (broad SMARTS) is 1. The van der Waals surface area contributed by atoms with Gasteiger partial charge in [0, 0.05) is 5.92 Å². The highest BCUT2D eigenvalue weighted by atomic mass is 16.5. The minimum atomic E-state index is -0.732. The summed E-state index contributed by atoms with van der Waals surface area (Å²) in [4.78, 5) is 16.0. The molecule has 0 aliphatic heterocycles. The molecule has 0 aromatic carbocycles. The number of fused-ring (bicyclic) bond motifs is 2. The molecule has 5 heteroatoms. The predicted octanol–water partition coefficient (Wildman–Crippen LogP) is 3.19. The molecule has 4 rings (SSSR count). The number of rotatable bonds is 3. The van der Waals surface area contributed by atoms with Crippen LogP contribution >= 0.6 is 0 Å². The van der Waals surface area contributed by atoms with E-state index in [1.165, 1.54) is 25.7 Å². The monoisotopic (exact) mass is 290 g/mol. The van der Waals surface area contributed by atoms with E-state index in [1.807, 2.05) is 0 Å².